The van der Waals surface area contributed by atoms with E-state index in [0.717, 1.165) is 0 Å². The molecule has 0 saturated heterocycles. The van der Waals surface area contributed by atoms with Crippen molar-refractivity contribution in [1.82, 2.24) is 9.38 Å². The lowest BCUT2D eigenvalue weighted by atomic mass is 10.5. The molecule has 0 aliphatic rings. The predicted octanol–water partition coefficient (Wildman–Crippen LogP) is 2.63. The molecule has 0 atom stereocenters. The summed E-state index contributed by atoms with van der Waals surface area (Å²) in [5.74, 6) is -0.0161. The minimum Gasteiger partial charge on any atom is -0.276 e. The molecule has 2 nitrogen and oxygen atoms in total. The molecular formula is C8H7Cl2FN2. The van der Waals surface area contributed by atoms with Gasteiger partial charge in [0.15, 0.2) is 5.95 Å². The zero-order valence-electron chi connectivity index (χ0n) is 6.58. The number of nitrogens with zero attached hydrogens (tertiary/aromatic N) is 2. The highest BCUT2D eigenvalue weighted by Crippen LogP contribution is 2.09. The fourth-order valence-corrected chi connectivity index (χ4v) is 1.22. The van der Waals surface area contributed by atoms with Gasteiger partial charge in [0.2, 0.25) is 0 Å². The van der Waals surface area contributed by atoms with E-state index in [1.165, 1.54) is 10.5 Å². The van der Waals surface area contributed by atoms with Gasteiger partial charge in [0.25, 0.3) is 0 Å². The molecule has 0 unspecified atom stereocenters. The Labute approximate surface area is 85.8 Å². The molecule has 0 fully saturated rings. The lowest BCUT2D eigenvalue weighted by molar-refractivity contribution is 0.567. The number of aromatic nitrogens is 2. The highest BCUT2D eigenvalue weighted by Gasteiger charge is 2.02. The molecule has 2 aromatic heterocycles. The minimum absolute atomic E-state index is 0. The van der Waals surface area contributed by atoms with Crippen molar-refractivity contribution in [2.24, 2.45) is 0 Å². The Bertz CT molecular complexity index is 413. The molecule has 0 aromatic carbocycles. The standard InChI is InChI=1S/C8H6ClFN2.ClH/c9-4-6-5-12-7(10)2-1-3-8(12)11-6;/h1-3,5H,4H2;1H. The molecule has 0 N–H and O–H groups in total. The third-order valence-corrected chi connectivity index (χ3v) is 1.90. The van der Waals surface area contributed by atoms with E-state index in [1.54, 1.807) is 18.3 Å². The molecule has 2 heterocycles. The number of alkyl halides is 1. The van der Waals surface area contributed by atoms with Gasteiger partial charge in [-0.2, -0.15) is 4.39 Å². The first-order chi connectivity index (χ1) is 5.81. The molecular weight excluding hydrogens is 214 g/mol. The van der Waals surface area contributed by atoms with Gasteiger partial charge in [0.05, 0.1) is 11.6 Å². The third-order valence-electron chi connectivity index (χ3n) is 1.63. The van der Waals surface area contributed by atoms with Gasteiger partial charge < -0.3 is 0 Å². The molecule has 13 heavy (non-hydrogen) atoms. The summed E-state index contributed by atoms with van der Waals surface area (Å²) in [6, 6.07) is 4.74. The molecule has 0 saturated carbocycles. The molecule has 0 bridgehead atoms. The van der Waals surface area contributed by atoms with Crippen molar-refractivity contribution >= 4 is 29.7 Å². The van der Waals surface area contributed by atoms with Crippen LogP contribution in [0.25, 0.3) is 5.65 Å². The molecule has 0 radical (unpaired) electrons. The quantitative estimate of drug-likeness (QED) is 0.534. The van der Waals surface area contributed by atoms with Crippen LogP contribution in [0.5, 0.6) is 0 Å². The zero-order chi connectivity index (χ0) is 8.55. The smallest absolute Gasteiger partial charge is 0.199 e. The van der Waals surface area contributed by atoms with Gasteiger partial charge in [-0.3, -0.25) is 4.40 Å². The van der Waals surface area contributed by atoms with Crippen molar-refractivity contribution in [3.63, 3.8) is 0 Å². The Morgan fingerprint density at radius 1 is 1.46 bits per heavy atom. The van der Waals surface area contributed by atoms with Crippen molar-refractivity contribution in [3.8, 4) is 0 Å². The fourth-order valence-electron chi connectivity index (χ4n) is 1.09. The second-order valence-electron chi connectivity index (χ2n) is 2.44. The average Bonchev–Trinajstić information content (AvgIpc) is 2.49. The van der Waals surface area contributed by atoms with E-state index in [4.69, 9.17) is 11.6 Å². The summed E-state index contributed by atoms with van der Waals surface area (Å²) >= 11 is 5.55. The van der Waals surface area contributed by atoms with Crippen molar-refractivity contribution in [2.75, 3.05) is 0 Å². The van der Waals surface area contributed by atoms with Crippen molar-refractivity contribution in [1.29, 1.82) is 0 Å². The highest BCUT2D eigenvalue weighted by molar-refractivity contribution is 6.16. The maximum Gasteiger partial charge on any atom is 0.199 e. The lowest BCUT2D eigenvalue weighted by Crippen LogP contribution is -1.88. The van der Waals surface area contributed by atoms with Crippen LogP contribution >= 0.6 is 24.0 Å². The number of halogens is 3. The van der Waals surface area contributed by atoms with Crippen molar-refractivity contribution < 1.29 is 4.39 Å². The Balaban J connectivity index is 0.000000845. The predicted molar refractivity (Wildman–Crippen MR) is 52.0 cm³/mol. The van der Waals surface area contributed by atoms with E-state index < -0.39 is 0 Å². The van der Waals surface area contributed by atoms with Crippen molar-refractivity contribution in [3.05, 3.63) is 36.0 Å². The summed E-state index contributed by atoms with van der Waals surface area (Å²) in [5, 5.41) is 0. The summed E-state index contributed by atoms with van der Waals surface area (Å²) in [6.07, 6.45) is 1.59. The summed E-state index contributed by atoms with van der Waals surface area (Å²) in [7, 11) is 0. The zero-order valence-corrected chi connectivity index (χ0v) is 8.15. The largest absolute Gasteiger partial charge is 0.276 e. The van der Waals surface area contributed by atoms with E-state index in [0.29, 0.717) is 17.2 Å². The summed E-state index contributed by atoms with van der Waals surface area (Å²) in [5.41, 5.74) is 1.27. The minimum atomic E-state index is -0.323. The number of hydrogen-bond donors (Lipinski definition) is 0. The van der Waals surface area contributed by atoms with Crippen LogP contribution in [0.4, 0.5) is 4.39 Å². The van der Waals surface area contributed by atoms with E-state index in [2.05, 4.69) is 4.98 Å². The Morgan fingerprint density at radius 3 is 2.85 bits per heavy atom. The fraction of sp³-hybridized carbons (Fsp3) is 0.125. The van der Waals surface area contributed by atoms with Crippen LogP contribution in [-0.2, 0) is 5.88 Å². The second-order valence-corrected chi connectivity index (χ2v) is 2.71. The highest BCUT2D eigenvalue weighted by atomic mass is 35.5. The Morgan fingerprint density at radius 2 is 2.23 bits per heavy atom. The van der Waals surface area contributed by atoms with Crippen LogP contribution in [0, 0.1) is 5.95 Å². The molecule has 0 spiro atoms. The van der Waals surface area contributed by atoms with Gasteiger partial charge in [-0.15, -0.1) is 24.0 Å². The second kappa shape index (κ2) is 3.94. The molecule has 70 valence electrons. The normalized spacial score (nSPS) is 10.0. The topological polar surface area (TPSA) is 17.3 Å². The summed E-state index contributed by atoms with van der Waals surface area (Å²) in [4.78, 5) is 4.08. The van der Waals surface area contributed by atoms with Gasteiger partial charge in [0, 0.05) is 6.20 Å². The van der Waals surface area contributed by atoms with Crippen LogP contribution in [0.15, 0.2) is 24.4 Å². The van der Waals surface area contributed by atoms with Crippen molar-refractivity contribution in [2.45, 2.75) is 5.88 Å². The molecule has 5 heteroatoms. The first-order valence-electron chi connectivity index (χ1n) is 3.50. The number of fused-ring (bicyclic) bond motifs is 1. The molecule has 0 amide bonds. The first kappa shape index (κ1) is 10.3. The van der Waals surface area contributed by atoms with Gasteiger partial charge in [-0.05, 0) is 12.1 Å². The number of imidazole rings is 1. The maximum absolute atomic E-state index is 13.0. The van der Waals surface area contributed by atoms with E-state index in [9.17, 15) is 4.39 Å². The number of hydrogen-bond acceptors (Lipinski definition) is 1. The summed E-state index contributed by atoms with van der Waals surface area (Å²) in [6.45, 7) is 0. The lowest BCUT2D eigenvalue weighted by Gasteiger charge is -1.91. The van der Waals surface area contributed by atoms with Crippen LogP contribution in [0.2, 0.25) is 0 Å². The average molecular weight is 221 g/mol. The Kier molecular flexibility index (Phi) is 3.12. The molecule has 0 aliphatic carbocycles. The van der Waals surface area contributed by atoms with E-state index in [-0.39, 0.29) is 18.4 Å². The van der Waals surface area contributed by atoms with Crippen LogP contribution < -0.4 is 0 Å². The monoisotopic (exact) mass is 220 g/mol. The van der Waals surface area contributed by atoms with Gasteiger partial charge >= 0.3 is 0 Å². The number of pyridine rings is 1. The molecule has 2 rings (SSSR count). The van der Waals surface area contributed by atoms with Crippen LogP contribution in [-0.4, -0.2) is 9.38 Å². The Hall–Kier alpha value is -0.800. The van der Waals surface area contributed by atoms with E-state index >= 15 is 0 Å². The maximum atomic E-state index is 13.0. The number of rotatable bonds is 1. The molecule has 2 aromatic rings. The van der Waals surface area contributed by atoms with E-state index in [1.807, 2.05) is 0 Å². The third kappa shape index (κ3) is 1.76. The van der Waals surface area contributed by atoms with Gasteiger partial charge in [0.1, 0.15) is 5.65 Å². The van der Waals surface area contributed by atoms with Gasteiger partial charge in [-0.1, -0.05) is 6.07 Å². The van der Waals surface area contributed by atoms with Gasteiger partial charge in [-0.25, -0.2) is 4.98 Å². The van der Waals surface area contributed by atoms with Crippen LogP contribution in [0.3, 0.4) is 0 Å². The molecule has 0 aliphatic heterocycles. The summed E-state index contributed by atoms with van der Waals surface area (Å²) < 4.78 is 14.4. The SMILES string of the molecule is Cl.Fc1cccc2nc(CCl)cn12. The van der Waals surface area contributed by atoms with Crippen LogP contribution in [0.1, 0.15) is 5.69 Å². The first-order valence-corrected chi connectivity index (χ1v) is 4.03.